The molecule has 0 spiro atoms. The number of anilines is 1. The highest BCUT2D eigenvalue weighted by Crippen LogP contribution is 2.14. The molecule has 0 bridgehead atoms. The largest absolute Gasteiger partial charge is 0.492 e. The first-order valence-electron chi connectivity index (χ1n) is 6.87. The van der Waals surface area contributed by atoms with Crippen LogP contribution >= 0.6 is 0 Å². The van der Waals surface area contributed by atoms with E-state index in [9.17, 15) is 0 Å². The Morgan fingerprint density at radius 3 is 2.55 bits per heavy atom. The van der Waals surface area contributed by atoms with Gasteiger partial charge in [-0.15, -0.1) is 0 Å². The second-order valence-electron chi connectivity index (χ2n) is 4.75. The number of rotatable bonds is 10. The molecule has 0 aliphatic heterocycles. The molecule has 5 heteroatoms. The monoisotopic (exact) mass is 282 g/mol. The lowest BCUT2D eigenvalue weighted by Crippen LogP contribution is -2.41. The predicted molar refractivity (Wildman–Crippen MR) is 81.1 cm³/mol. The zero-order valence-electron chi connectivity index (χ0n) is 12.7. The molecule has 1 unspecified atom stereocenters. The Kier molecular flexibility index (Phi) is 8.02. The fourth-order valence-corrected chi connectivity index (χ4v) is 1.99. The summed E-state index contributed by atoms with van der Waals surface area (Å²) in [6.07, 6.45) is 0. The average Bonchev–Trinajstić information content (AvgIpc) is 2.43. The molecule has 0 saturated carbocycles. The van der Waals surface area contributed by atoms with Crippen LogP contribution in [0.3, 0.4) is 0 Å². The van der Waals surface area contributed by atoms with Crippen molar-refractivity contribution in [2.75, 3.05) is 52.9 Å². The van der Waals surface area contributed by atoms with Crippen molar-refractivity contribution in [3.05, 3.63) is 24.3 Å². The quantitative estimate of drug-likeness (QED) is 0.661. The highest BCUT2D eigenvalue weighted by molar-refractivity contribution is 5.43. The standard InChI is InChI=1S/C15H26N2O3/c1-13(12-19-3)17(7-9-18-2)8-10-20-15-6-4-5-14(16)11-15/h4-6,11,13H,7-10,12,16H2,1-3H3. The second-order valence-corrected chi connectivity index (χ2v) is 4.75. The maximum atomic E-state index is 5.72. The van der Waals surface area contributed by atoms with Crippen LogP contribution in [0, 0.1) is 0 Å². The molecule has 0 amide bonds. The van der Waals surface area contributed by atoms with Gasteiger partial charge >= 0.3 is 0 Å². The molecule has 0 aromatic heterocycles. The first-order valence-corrected chi connectivity index (χ1v) is 6.87. The Bertz CT molecular complexity index is 374. The highest BCUT2D eigenvalue weighted by Gasteiger charge is 2.13. The maximum Gasteiger partial charge on any atom is 0.121 e. The van der Waals surface area contributed by atoms with Gasteiger partial charge in [-0.05, 0) is 19.1 Å². The van der Waals surface area contributed by atoms with Crippen LogP contribution < -0.4 is 10.5 Å². The van der Waals surface area contributed by atoms with Gasteiger partial charge in [-0.25, -0.2) is 0 Å². The lowest BCUT2D eigenvalue weighted by molar-refractivity contribution is 0.0662. The molecule has 1 aromatic rings. The van der Waals surface area contributed by atoms with Gasteiger partial charge < -0.3 is 19.9 Å². The summed E-state index contributed by atoms with van der Waals surface area (Å²) in [5.41, 5.74) is 6.43. The molecule has 0 fully saturated rings. The molecule has 20 heavy (non-hydrogen) atoms. The molecular weight excluding hydrogens is 256 g/mol. The molecule has 0 heterocycles. The Labute approximate surface area is 121 Å². The summed E-state index contributed by atoms with van der Waals surface area (Å²) in [6.45, 7) is 5.83. The Morgan fingerprint density at radius 2 is 1.90 bits per heavy atom. The van der Waals surface area contributed by atoms with E-state index < -0.39 is 0 Å². The van der Waals surface area contributed by atoms with E-state index in [-0.39, 0.29) is 0 Å². The highest BCUT2D eigenvalue weighted by atomic mass is 16.5. The molecule has 1 atom stereocenters. The number of hydrogen-bond donors (Lipinski definition) is 1. The van der Waals surface area contributed by atoms with Crippen LogP contribution in [0.2, 0.25) is 0 Å². The van der Waals surface area contributed by atoms with Gasteiger partial charge in [-0.3, -0.25) is 4.90 Å². The van der Waals surface area contributed by atoms with E-state index in [4.69, 9.17) is 19.9 Å². The molecule has 0 radical (unpaired) electrons. The lowest BCUT2D eigenvalue weighted by atomic mass is 10.3. The number of nitrogens with two attached hydrogens (primary N) is 1. The summed E-state index contributed by atoms with van der Waals surface area (Å²) in [7, 11) is 3.43. The fourth-order valence-electron chi connectivity index (χ4n) is 1.99. The normalized spacial score (nSPS) is 12.6. The van der Waals surface area contributed by atoms with Gasteiger partial charge in [0.05, 0.1) is 13.2 Å². The minimum absolute atomic E-state index is 0.333. The zero-order valence-corrected chi connectivity index (χ0v) is 12.7. The van der Waals surface area contributed by atoms with Crippen molar-refractivity contribution in [3.8, 4) is 5.75 Å². The molecular formula is C15H26N2O3. The topological polar surface area (TPSA) is 57.0 Å². The summed E-state index contributed by atoms with van der Waals surface area (Å²) < 4.78 is 16.1. The number of benzene rings is 1. The summed E-state index contributed by atoms with van der Waals surface area (Å²) in [4.78, 5) is 2.29. The minimum Gasteiger partial charge on any atom is -0.492 e. The molecule has 114 valence electrons. The van der Waals surface area contributed by atoms with Crippen molar-refractivity contribution >= 4 is 5.69 Å². The average molecular weight is 282 g/mol. The Hall–Kier alpha value is -1.30. The minimum atomic E-state index is 0.333. The van der Waals surface area contributed by atoms with Crippen LogP contribution in [0.5, 0.6) is 5.75 Å². The van der Waals surface area contributed by atoms with Crippen LogP contribution in [0.4, 0.5) is 5.69 Å². The van der Waals surface area contributed by atoms with Gasteiger partial charge in [0.2, 0.25) is 0 Å². The van der Waals surface area contributed by atoms with E-state index in [1.165, 1.54) is 0 Å². The van der Waals surface area contributed by atoms with Crippen LogP contribution in [-0.4, -0.2) is 58.1 Å². The fraction of sp³-hybridized carbons (Fsp3) is 0.600. The molecule has 1 aromatic carbocycles. The molecule has 2 N–H and O–H groups in total. The third kappa shape index (κ3) is 6.23. The summed E-state index contributed by atoms with van der Waals surface area (Å²) in [5.74, 6) is 0.802. The van der Waals surface area contributed by atoms with Gasteiger partial charge in [-0.1, -0.05) is 6.07 Å². The van der Waals surface area contributed by atoms with E-state index >= 15 is 0 Å². The third-order valence-electron chi connectivity index (χ3n) is 3.12. The van der Waals surface area contributed by atoms with Gasteiger partial charge in [0, 0.05) is 45.1 Å². The Balaban J connectivity index is 2.40. The molecule has 0 aliphatic rings. The van der Waals surface area contributed by atoms with Crippen LogP contribution in [-0.2, 0) is 9.47 Å². The van der Waals surface area contributed by atoms with Crippen molar-refractivity contribution < 1.29 is 14.2 Å². The number of methoxy groups -OCH3 is 2. The van der Waals surface area contributed by atoms with Gasteiger partial charge in [-0.2, -0.15) is 0 Å². The van der Waals surface area contributed by atoms with Crippen LogP contribution in [0.1, 0.15) is 6.92 Å². The van der Waals surface area contributed by atoms with Crippen molar-refractivity contribution in [2.45, 2.75) is 13.0 Å². The number of hydrogen-bond acceptors (Lipinski definition) is 5. The van der Waals surface area contributed by atoms with Gasteiger partial charge in [0.15, 0.2) is 0 Å². The van der Waals surface area contributed by atoms with Gasteiger partial charge in [0.1, 0.15) is 12.4 Å². The van der Waals surface area contributed by atoms with E-state index in [0.717, 1.165) is 18.8 Å². The smallest absolute Gasteiger partial charge is 0.121 e. The van der Waals surface area contributed by atoms with Crippen molar-refractivity contribution in [2.24, 2.45) is 0 Å². The molecule has 5 nitrogen and oxygen atoms in total. The first kappa shape index (κ1) is 16.8. The summed E-state index contributed by atoms with van der Waals surface area (Å²) in [6, 6.07) is 7.81. The zero-order chi connectivity index (χ0) is 14.8. The van der Waals surface area contributed by atoms with E-state index in [2.05, 4.69) is 11.8 Å². The first-order chi connectivity index (χ1) is 9.67. The number of ether oxygens (including phenoxy) is 3. The van der Waals surface area contributed by atoms with Crippen molar-refractivity contribution in [1.29, 1.82) is 0 Å². The van der Waals surface area contributed by atoms with Crippen LogP contribution in [0.15, 0.2) is 24.3 Å². The molecule has 0 saturated heterocycles. The SMILES string of the molecule is COCCN(CCOc1cccc(N)c1)C(C)COC. The number of nitrogen functional groups attached to an aromatic ring is 1. The van der Waals surface area contributed by atoms with E-state index in [0.29, 0.717) is 31.5 Å². The lowest BCUT2D eigenvalue weighted by Gasteiger charge is -2.28. The van der Waals surface area contributed by atoms with Gasteiger partial charge in [0.25, 0.3) is 0 Å². The predicted octanol–water partition coefficient (Wildman–Crippen LogP) is 1.63. The van der Waals surface area contributed by atoms with E-state index in [1.54, 1.807) is 14.2 Å². The second kappa shape index (κ2) is 9.58. The van der Waals surface area contributed by atoms with E-state index in [1.807, 2.05) is 24.3 Å². The van der Waals surface area contributed by atoms with Crippen LogP contribution in [0.25, 0.3) is 0 Å². The summed E-state index contributed by atoms with van der Waals surface area (Å²) in [5, 5.41) is 0. The number of nitrogens with zero attached hydrogens (tertiary/aromatic N) is 1. The molecule has 0 aliphatic carbocycles. The van der Waals surface area contributed by atoms with Crippen molar-refractivity contribution in [3.63, 3.8) is 0 Å². The summed E-state index contributed by atoms with van der Waals surface area (Å²) >= 11 is 0. The van der Waals surface area contributed by atoms with Crippen molar-refractivity contribution in [1.82, 2.24) is 4.90 Å². The third-order valence-corrected chi connectivity index (χ3v) is 3.12. The maximum absolute atomic E-state index is 5.72. The Morgan fingerprint density at radius 1 is 1.15 bits per heavy atom. The molecule has 1 rings (SSSR count).